The van der Waals surface area contributed by atoms with Crippen LogP contribution in [0.5, 0.6) is 11.5 Å². The molecule has 1 aliphatic rings. The number of ether oxygens (including phenoxy) is 2. The van der Waals surface area contributed by atoms with Crippen LogP contribution >= 0.6 is 11.3 Å². The molecule has 0 radical (unpaired) electrons. The first kappa shape index (κ1) is 19.4. The van der Waals surface area contributed by atoms with E-state index < -0.39 is 4.92 Å². The van der Waals surface area contributed by atoms with Gasteiger partial charge in [-0.25, -0.2) is 4.98 Å². The smallest absolute Gasteiger partial charge is 0.284 e. The minimum absolute atomic E-state index is 0.157. The number of nitrogens with one attached hydrogen (secondary N) is 1. The Morgan fingerprint density at radius 1 is 1.10 bits per heavy atom. The van der Waals surface area contributed by atoms with Crippen LogP contribution in [0.25, 0.3) is 21.6 Å². The Kier molecular flexibility index (Phi) is 5.23. The first-order chi connectivity index (χ1) is 14.0. The molecule has 8 nitrogen and oxygen atoms in total. The topological polar surface area (TPSA) is 107 Å². The zero-order chi connectivity index (χ0) is 20.5. The number of H-pyrrole nitrogens is 1. The van der Waals surface area contributed by atoms with Gasteiger partial charge in [0.1, 0.15) is 10.7 Å². The molecule has 0 atom stereocenters. The molecule has 0 bridgehead atoms. The van der Waals surface area contributed by atoms with Crippen LogP contribution in [0.3, 0.4) is 0 Å². The van der Waals surface area contributed by atoms with E-state index in [1.165, 1.54) is 49.0 Å². The first-order valence-corrected chi connectivity index (χ1v) is 10.3. The first-order valence-electron chi connectivity index (χ1n) is 9.48. The molecule has 0 saturated carbocycles. The Bertz CT molecular complexity index is 1150. The summed E-state index contributed by atoms with van der Waals surface area (Å²) in [6.07, 6.45) is 6.34. The number of benzene rings is 1. The van der Waals surface area contributed by atoms with E-state index in [0.717, 1.165) is 37.7 Å². The highest BCUT2D eigenvalue weighted by Gasteiger charge is 2.24. The molecule has 4 rings (SSSR count). The lowest BCUT2D eigenvalue weighted by molar-refractivity contribution is -0.384. The third-order valence-electron chi connectivity index (χ3n) is 5.28. The van der Waals surface area contributed by atoms with Crippen molar-refractivity contribution in [1.29, 1.82) is 0 Å². The van der Waals surface area contributed by atoms with E-state index in [-0.39, 0.29) is 28.4 Å². The molecule has 152 valence electrons. The van der Waals surface area contributed by atoms with E-state index in [0.29, 0.717) is 16.0 Å². The van der Waals surface area contributed by atoms with E-state index in [9.17, 15) is 14.9 Å². The van der Waals surface area contributed by atoms with Crippen molar-refractivity contribution >= 4 is 27.2 Å². The van der Waals surface area contributed by atoms with Crippen molar-refractivity contribution in [3.63, 3.8) is 0 Å². The fourth-order valence-corrected chi connectivity index (χ4v) is 5.12. The number of nitro groups is 1. The van der Waals surface area contributed by atoms with Crippen LogP contribution in [0.1, 0.15) is 36.1 Å². The van der Waals surface area contributed by atoms with Crippen LogP contribution in [-0.4, -0.2) is 29.1 Å². The van der Waals surface area contributed by atoms with Gasteiger partial charge in [0.25, 0.3) is 11.2 Å². The predicted octanol–water partition coefficient (Wildman–Crippen LogP) is 4.24. The van der Waals surface area contributed by atoms with Crippen molar-refractivity contribution in [3.8, 4) is 22.9 Å². The van der Waals surface area contributed by atoms with E-state index in [2.05, 4.69) is 9.97 Å². The molecule has 9 heteroatoms. The summed E-state index contributed by atoms with van der Waals surface area (Å²) in [7, 11) is 2.86. The third kappa shape index (κ3) is 3.46. The number of methoxy groups -OCH3 is 2. The number of thiophene rings is 1. The van der Waals surface area contributed by atoms with Gasteiger partial charge in [0, 0.05) is 10.9 Å². The van der Waals surface area contributed by atoms with Gasteiger partial charge in [-0.1, -0.05) is 12.8 Å². The molecular weight excluding hydrogens is 394 g/mol. The van der Waals surface area contributed by atoms with Gasteiger partial charge in [-0.3, -0.25) is 14.9 Å². The molecule has 0 fully saturated rings. The number of rotatable bonds is 4. The molecule has 2 heterocycles. The van der Waals surface area contributed by atoms with E-state index in [1.807, 2.05) is 0 Å². The Morgan fingerprint density at radius 2 is 1.79 bits per heavy atom. The van der Waals surface area contributed by atoms with Gasteiger partial charge in [0.05, 0.1) is 36.2 Å². The van der Waals surface area contributed by atoms with Gasteiger partial charge in [0.2, 0.25) is 0 Å². The third-order valence-corrected chi connectivity index (χ3v) is 6.46. The maximum Gasteiger partial charge on any atom is 0.284 e. The average molecular weight is 415 g/mol. The average Bonchev–Trinajstić information content (AvgIpc) is 3.03. The van der Waals surface area contributed by atoms with Crippen LogP contribution < -0.4 is 15.0 Å². The number of hydrogen-bond donors (Lipinski definition) is 1. The highest BCUT2D eigenvalue weighted by Crippen LogP contribution is 2.39. The molecule has 1 aliphatic carbocycles. The van der Waals surface area contributed by atoms with E-state index in [1.54, 1.807) is 0 Å². The number of nitrogens with zero attached hydrogens (tertiary/aromatic N) is 2. The molecule has 0 spiro atoms. The fourth-order valence-electron chi connectivity index (χ4n) is 3.85. The lowest BCUT2D eigenvalue weighted by Gasteiger charge is -2.10. The lowest BCUT2D eigenvalue weighted by atomic mass is 9.98. The molecule has 3 aromatic rings. The zero-order valence-electron chi connectivity index (χ0n) is 16.2. The number of nitro benzene ring substituents is 1. The summed E-state index contributed by atoms with van der Waals surface area (Å²) in [5, 5.41) is 12.3. The molecule has 29 heavy (non-hydrogen) atoms. The number of hydrogen-bond acceptors (Lipinski definition) is 7. The quantitative estimate of drug-likeness (QED) is 0.504. The summed E-state index contributed by atoms with van der Waals surface area (Å²) >= 11 is 1.52. The molecule has 0 unspecified atom stereocenters. The van der Waals surface area contributed by atoms with Crippen molar-refractivity contribution in [2.45, 2.75) is 38.5 Å². The number of fused-ring (bicyclic) bond motifs is 3. The summed E-state index contributed by atoms with van der Waals surface area (Å²) in [4.78, 5) is 33.3. The summed E-state index contributed by atoms with van der Waals surface area (Å²) in [6.45, 7) is 0. The van der Waals surface area contributed by atoms with Gasteiger partial charge < -0.3 is 14.5 Å². The maximum absolute atomic E-state index is 12.9. The van der Waals surface area contributed by atoms with Gasteiger partial charge in [0.15, 0.2) is 11.5 Å². The summed E-state index contributed by atoms with van der Waals surface area (Å²) < 4.78 is 10.5. The normalized spacial score (nSPS) is 14.1. The van der Waals surface area contributed by atoms with Crippen LogP contribution in [0, 0.1) is 10.1 Å². The Morgan fingerprint density at radius 3 is 2.48 bits per heavy atom. The second-order valence-electron chi connectivity index (χ2n) is 6.99. The summed E-state index contributed by atoms with van der Waals surface area (Å²) in [5.74, 6) is 0.726. The molecule has 0 amide bonds. The molecule has 1 aromatic carbocycles. The molecular formula is C20H21N3O5S. The number of aromatic amines is 1. The van der Waals surface area contributed by atoms with Crippen molar-refractivity contribution in [1.82, 2.24) is 9.97 Å². The van der Waals surface area contributed by atoms with E-state index >= 15 is 0 Å². The molecule has 0 aliphatic heterocycles. The molecule has 0 saturated heterocycles. The monoisotopic (exact) mass is 415 g/mol. The highest BCUT2D eigenvalue weighted by molar-refractivity contribution is 7.18. The van der Waals surface area contributed by atoms with Gasteiger partial charge in [-0.05, 0) is 31.2 Å². The van der Waals surface area contributed by atoms with Crippen molar-refractivity contribution < 1.29 is 14.4 Å². The minimum Gasteiger partial charge on any atom is -0.493 e. The van der Waals surface area contributed by atoms with Crippen LogP contribution in [0.15, 0.2) is 16.9 Å². The molecule has 1 N–H and O–H groups in total. The second-order valence-corrected chi connectivity index (χ2v) is 8.08. The number of aromatic nitrogens is 2. The van der Waals surface area contributed by atoms with Gasteiger partial charge in [-0.15, -0.1) is 11.3 Å². The standard InChI is InChI=1S/C20H21N3O5S/c1-27-14-9-12(13(23(25)26)10-15(14)28-2)18-21-19(24)17-11-7-5-3-4-6-8-16(11)29-20(17)22-18/h9-10H,3-8H2,1-2H3,(H,21,22,24). The highest BCUT2D eigenvalue weighted by atomic mass is 32.1. The van der Waals surface area contributed by atoms with Crippen LogP contribution in [0.2, 0.25) is 0 Å². The number of aryl methyl sites for hydroxylation is 2. The molecule has 2 aromatic heterocycles. The van der Waals surface area contributed by atoms with Gasteiger partial charge >= 0.3 is 0 Å². The summed E-state index contributed by atoms with van der Waals surface area (Å²) in [5.41, 5.74) is 0.812. The second kappa shape index (κ2) is 7.82. The zero-order valence-corrected chi connectivity index (χ0v) is 17.1. The fraction of sp³-hybridized carbons (Fsp3) is 0.400. The van der Waals surface area contributed by atoms with Crippen molar-refractivity contribution in [3.05, 3.63) is 43.0 Å². The van der Waals surface area contributed by atoms with Crippen molar-refractivity contribution in [2.75, 3.05) is 14.2 Å². The Hall–Kier alpha value is -2.94. The predicted molar refractivity (Wildman–Crippen MR) is 111 cm³/mol. The van der Waals surface area contributed by atoms with Crippen LogP contribution in [-0.2, 0) is 12.8 Å². The Balaban J connectivity index is 1.93. The van der Waals surface area contributed by atoms with E-state index in [4.69, 9.17) is 9.47 Å². The largest absolute Gasteiger partial charge is 0.493 e. The Labute approximate surface area is 170 Å². The summed E-state index contributed by atoms with van der Waals surface area (Å²) in [6, 6.07) is 2.76. The lowest BCUT2D eigenvalue weighted by Crippen LogP contribution is -2.11. The van der Waals surface area contributed by atoms with Crippen LogP contribution in [0.4, 0.5) is 5.69 Å². The van der Waals surface area contributed by atoms with Gasteiger partial charge in [-0.2, -0.15) is 0 Å². The van der Waals surface area contributed by atoms with Crippen molar-refractivity contribution in [2.24, 2.45) is 0 Å². The maximum atomic E-state index is 12.9. The SMILES string of the molecule is COc1cc(-c2nc3sc4c(c3c(=O)[nH]2)CCCCCC4)c([N+](=O)[O-])cc1OC. The minimum atomic E-state index is -0.519.